The summed E-state index contributed by atoms with van der Waals surface area (Å²) in [4.78, 5) is 15.5. The van der Waals surface area contributed by atoms with Crippen molar-refractivity contribution in [1.29, 1.82) is 0 Å². The smallest absolute Gasteiger partial charge is 0.261 e. The van der Waals surface area contributed by atoms with Gasteiger partial charge in [-0.25, -0.2) is 0 Å². The van der Waals surface area contributed by atoms with Gasteiger partial charge in [-0.2, -0.15) is 0 Å². The van der Waals surface area contributed by atoms with Crippen molar-refractivity contribution in [3.05, 3.63) is 21.4 Å². The molecule has 0 bridgehead atoms. The quantitative estimate of drug-likeness (QED) is 0.724. The highest BCUT2D eigenvalue weighted by molar-refractivity contribution is 7.12. The van der Waals surface area contributed by atoms with Crippen LogP contribution in [0, 0.1) is 5.92 Å². The number of thiophene rings is 1. The molecule has 5 nitrogen and oxygen atoms in total. The van der Waals surface area contributed by atoms with Crippen LogP contribution in [-0.2, 0) is 12.8 Å². The number of carbonyl (C=O) groups is 1. The number of aliphatic hydroxyl groups excluding tert-OH is 2. The van der Waals surface area contributed by atoms with E-state index in [2.05, 4.69) is 15.6 Å². The van der Waals surface area contributed by atoms with Crippen molar-refractivity contribution < 1.29 is 15.0 Å². The number of likely N-dealkylation sites (tertiary alicyclic amines) is 1. The molecule has 1 aliphatic carbocycles. The van der Waals surface area contributed by atoms with Gasteiger partial charge in [0.1, 0.15) is 0 Å². The Kier molecular flexibility index (Phi) is 5.69. The van der Waals surface area contributed by atoms with Gasteiger partial charge >= 0.3 is 0 Å². The number of nitrogens with one attached hydrogen (secondary N) is 1. The summed E-state index contributed by atoms with van der Waals surface area (Å²) in [6, 6.07) is -0.167. The predicted octanol–water partition coefficient (Wildman–Crippen LogP) is 1.03. The van der Waals surface area contributed by atoms with Crippen LogP contribution < -0.4 is 5.32 Å². The first kappa shape index (κ1) is 16.9. The number of nitrogens with zero attached hydrogens (tertiary/aromatic N) is 1. The number of fused-ring (bicyclic) bond motifs is 1. The number of amides is 1. The topological polar surface area (TPSA) is 72.8 Å². The molecular weight excluding hydrogens is 312 g/mol. The molecule has 1 saturated heterocycles. The van der Waals surface area contributed by atoms with E-state index in [-0.39, 0.29) is 25.2 Å². The monoisotopic (exact) mass is 338 g/mol. The Bertz CT molecular complexity index is 542. The van der Waals surface area contributed by atoms with Crippen LogP contribution in [0.5, 0.6) is 0 Å². The molecule has 6 heteroatoms. The Morgan fingerprint density at radius 3 is 2.91 bits per heavy atom. The number of hydrogen-bond acceptors (Lipinski definition) is 5. The Morgan fingerprint density at radius 2 is 2.13 bits per heavy atom. The largest absolute Gasteiger partial charge is 0.395 e. The van der Waals surface area contributed by atoms with E-state index in [4.69, 9.17) is 0 Å². The molecule has 3 N–H and O–H groups in total. The zero-order valence-corrected chi connectivity index (χ0v) is 14.3. The van der Waals surface area contributed by atoms with Crippen molar-refractivity contribution in [2.45, 2.75) is 38.1 Å². The van der Waals surface area contributed by atoms with Crippen LogP contribution in [0.25, 0.3) is 0 Å². The van der Waals surface area contributed by atoms with E-state index >= 15 is 0 Å². The van der Waals surface area contributed by atoms with Gasteiger partial charge in [-0.05, 0) is 61.1 Å². The maximum atomic E-state index is 12.5. The second-order valence-electron chi connectivity index (χ2n) is 6.65. The predicted molar refractivity (Wildman–Crippen MR) is 90.9 cm³/mol. The molecule has 1 fully saturated rings. The molecule has 0 aromatic carbocycles. The van der Waals surface area contributed by atoms with Crippen LogP contribution in [0.4, 0.5) is 0 Å². The highest BCUT2D eigenvalue weighted by Crippen LogP contribution is 2.29. The van der Waals surface area contributed by atoms with Crippen molar-refractivity contribution in [1.82, 2.24) is 10.2 Å². The molecule has 1 aromatic heterocycles. The van der Waals surface area contributed by atoms with Crippen LogP contribution >= 0.6 is 11.3 Å². The maximum absolute atomic E-state index is 12.5. The molecule has 1 aromatic rings. The van der Waals surface area contributed by atoms with E-state index in [1.165, 1.54) is 24.0 Å². The second kappa shape index (κ2) is 7.75. The van der Waals surface area contributed by atoms with E-state index in [1.54, 1.807) is 11.3 Å². The lowest BCUT2D eigenvalue weighted by atomic mass is 9.94. The number of hydrogen-bond donors (Lipinski definition) is 3. The summed E-state index contributed by atoms with van der Waals surface area (Å²) in [5, 5.41) is 23.8. The van der Waals surface area contributed by atoms with E-state index in [9.17, 15) is 15.0 Å². The van der Waals surface area contributed by atoms with Crippen LogP contribution in [0.15, 0.2) is 5.38 Å². The lowest BCUT2D eigenvalue weighted by molar-refractivity contribution is 0.0866. The SMILES string of the molecule is O=C(NCC1CCN(C(CO)CO)C1)c1scc2c1CCCC2. The molecule has 2 aliphatic rings. The van der Waals surface area contributed by atoms with Crippen molar-refractivity contribution in [2.75, 3.05) is 32.8 Å². The van der Waals surface area contributed by atoms with Gasteiger partial charge in [-0.3, -0.25) is 9.69 Å². The van der Waals surface area contributed by atoms with Gasteiger partial charge in [-0.1, -0.05) is 0 Å². The average Bonchev–Trinajstić information content (AvgIpc) is 3.21. The summed E-state index contributed by atoms with van der Waals surface area (Å²) in [6.45, 7) is 2.34. The number of aliphatic hydroxyl groups is 2. The zero-order valence-electron chi connectivity index (χ0n) is 13.5. The van der Waals surface area contributed by atoms with Crippen molar-refractivity contribution in [3.63, 3.8) is 0 Å². The molecule has 1 amide bonds. The summed E-state index contributed by atoms with van der Waals surface area (Å²) in [5.41, 5.74) is 2.64. The minimum absolute atomic E-state index is 0.0170. The first-order chi connectivity index (χ1) is 11.2. The van der Waals surface area contributed by atoms with Gasteiger partial charge in [0.05, 0.1) is 24.1 Å². The summed E-state index contributed by atoms with van der Waals surface area (Å²) < 4.78 is 0. The van der Waals surface area contributed by atoms with Crippen molar-refractivity contribution in [3.8, 4) is 0 Å². The Balaban J connectivity index is 1.51. The van der Waals surface area contributed by atoms with Crippen LogP contribution in [0.2, 0.25) is 0 Å². The van der Waals surface area contributed by atoms with Crippen molar-refractivity contribution in [2.24, 2.45) is 5.92 Å². The van der Waals surface area contributed by atoms with E-state index < -0.39 is 0 Å². The van der Waals surface area contributed by atoms with Gasteiger partial charge in [0, 0.05) is 13.1 Å². The van der Waals surface area contributed by atoms with Gasteiger partial charge in [-0.15, -0.1) is 11.3 Å². The number of aryl methyl sites for hydroxylation is 1. The molecule has 23 heavy (non-hydrogen) atoms. The average molecular weight is 338 g/mol. The summed E-state index contributed by atoms with van der Waals surface area (Å²) >= 11 is 1.58. The highest BCUT2D eigenvalue weighted by Gasteiger charge is 2.28. The molecule has 2 heterocycles. The molecule has 128 valence electrons. The van der Waals surface area contributed by atoms with Crippen LogP contribution in [0.1, 0.15) is 40.1 Å². The summed E-state index contributed by atoms with van der Waals surface area (Å²) in [7, 11) is 0. The molecule has 1 aliphatic heterocycles. The molecular formula is C17H26N2O3S. The third kappa shape index (κ3) is 3.76. The minimum atomic E-state index is -0.167. The Morgan fingerprint density at radius 1 is 1.35 bits per heavy atom. The zero-order chi connectivity index (χ0) is 16.2. The highest BCUT2D eigenvalue weighted by atomic mass is 32.1. The maximum Gasteiger partial charge on any atom is 0.261 e. The lowest BCUT2D eigenvalue weighted by Crippen LogP contribution is -2.40. The third-order valence-corrected chi connectivity index (χ3v) is 6.19. The van der Waals surface area contributed by atoms with Gasteiger partial charge < -0.3 is 15.5 Å². The first-order valence-electron chi connectivity index (χ1n) is 8.56. The second-order valence-corrected chi connectivity index (χ2v) is 7.53. The Hall–Kier alpha value is -0.950. The van der Waals surface area contributed by atoms with Gasteiger partial charge in [0.15, 0.2) is 0 Å². The molecule has 0 saturated carbocycles. The minimum Gasteiger partial charge on any atom is -0.395 e. The fourth-order valence-electron chi connectivity index (χ4n) is 3.68. The van der Waals surface area contributed by atoms with Crippen molar-refractivity contribution >= 4 is 17.2 Å². The first-order valence-corrected chi connectivity index (χ1v) is 9.44. The fourth-order valence-corrected chi connectivity index (χ4v) is 4.75. The summed E-state index contributed by atoms with van der Waals surface area (Å²) in [6.07, 6.45) is 5.57. The molecule has 1 atom stereocenters. The molecule has 1 unspecified atom stereocenters. The van der Waals surface area contributed by atoms with Gasteiger partial charge in [0.25, 0.3) is 5.91 Å². The number of rotatable bonds is 6. The van der Waals surface area contributed by atoms with Crippen LogP contribution in [-0.4, -0.2) is 59.9 Å². The van der Waals surface area contributed by atoms with Crippen LogP contribution in [0.3, 0.4) is 0 Å². The molecule has 3 rings (SSSR count). The summed E-state index contributed by atoms with van der Waals surface area (Å²) in [5.74, 6) is 0.466. The van der Waals surface area contributed by atoms with Gasteiger partial charge in [0.2, 0.25) is 0 Å². The lowest BCUT2D eigenvalue weighted by Gasteiger charge is -2.24. The van der Waals surface area contributed by atoms with E-state index in [0.29, 0.717) is 12.5 Å². The van der Waals surface area contributed by atoms with E-state index in [1.807, 2.05) is 0 Å². The number of carbonyl (C=O) groups excluding carboxylic acids is 1. The molecule has 0 spiro atoms. The third-order valence-electron chi connectivity index (χ3n) is 5.12. The fraction of sp³-hybridized carbons (Fsp3) is 0.706. The standard InChI is InChI=1S/C17H26N2O3S/c20-9-14(10-21)19-6-5-12(8-19)7-18-17(22)16-15-4-2-1-3-13(15)11-23-16/h11-12,14,20-21H,1-10H2,(H,18,22). The Labute approximate surface area is 141 Å². The molecule has 0 radical (unpaired) electrons. The van der Waals surface area contributed by atoms with E-state index in [0.717, 1.165) is 37.2 Å². The normalized spacial score (nSPS) is 21.6.